The predicted molar refractivity (Wildman–Crippen MR) is 74.4 cm³/mol. The van der Waals surface area contributed by atoms with E-state index in [1.165, 1.54) is 0 Å². The Hall–Kier alpha value is -1.26. The largest absolute Gasteiger partial charge is 0.497 e. The summed E-state index contributed by atoms with van der Waals surface area (Å²) in [5, 5.41) is 6.33. The second-order valence-corrected chi connectivity index (χ2v) is 5.40. The van der Waals surface area contributed by atoms with Gasteiger partial charge in [0.1, 0.15) is 5.75 Å². The van der Waals surface area contributed by atoms with E-state index in [1.54, 1.807) is 25.3 Å². The fourth-order valence-corrected chi connectivity index (χ4v) is 1.43. The lowest BCUT2D eigenvalue weighted by Gasteiger charge is -2.20. The van der Waals surface area contributed by atoms with Gasteiger partial charge in [-0.05, 0) is 32.9 Å². The number of benzene rings is 1. The molecule has 4 nitrogen and oxygen atoms in total. The first-order valence-electron chi connectivity index (χ1n) is 5.70. The lowest BCUT2D eigenvalue weighted by atomic mass is 10.1. The van der Waals surface area contributed by atoms with Gasteiger partial charge in [0.2, 0.25) is 5.91 Å². The highest BCUT2D eigenvalue weighted by Gasteiger charge is 2.12. The second-order valence-electron chi connectivity index (χ2n) is 5.00. The van der Waals surface area contributed by atoms with Crippen LogP contribution in [0.15, 0.2) is 18.2 Å². The molecule has 0 bridgehead atoms. The number of carbonyl (C=O) groups is 1. The zero-order chi connectivity index (χ0) is 13.8. The van der Waals surface area contributed by atoms with E-state index in [-0.39, 0.29) is 18.0 Å². The highest BCUT2D eigenvalue weighted by atomic mass is 35.5. The van der Waals surface area contributed by atoms with Crippen LogP contribution in [0.2, 0.25) is 5.02 Å². The van der Waals surface area contributed by atoms with Crippen LogP contribution in [-0.4, -0.2) is 25.1 Å². The quantitative estimate of drug-likeness (QED) is 0.884. The van der Waals surface area contributed by atoms with Gasteiger partial charge in [-0.15, -0.1) is 0 Å². The summed E-state index contributed by atoms with van der Waals surface area (Å²) >= 11 is 6.00. The van der Waals surface area contributed by atoms with Crippen LogP contribution in [-0.2, 0) is 4.79 Å². The predicted octanol–water partition coefficient (Wildman–Crippen LogP) is 2.68. The Kier molecular flexibility index (Phi) is 4.99. The van der Waals surface area contributed by atoms with E-state index in [1.807, 2.05) is 20.8 Å². The summed E-state index contributed by atoms with van der Waals surface area (Å²) in [6, 6.07) is 5.12. The summed E-state index contributed by atoms with van der Waals surface area (Å²) in [6.45, 7) is 6.23. The summed E-state index contributed by atoms with van der Waals surface area (Å²) in [5.41, 5.74) is 0.451. The molecule has 0 aliphatic heterocycles. The normalized spacial score (nSPS) is 11.2. The van der Waals surface area contributed by atoms with Gasteiger partial charge in [-0.2, -0.15) is 0 Å². The number of carbonyl (C=O) groups excluding carboxylic acids is 1. The zero-order valence-corrected chi connectivity index (χ0v) is 11.9. The molecule has 2 N–H and O–H groups in total. The molecule has 0 radical (unpaired) electrons. The first-order valence-corrected chi connectivity index (χ1v) is 6.08. The van der Waals surface area contributed by atoms with Gasteiger partial charge in [-0.3, -0.25) is 4.79 Å². The van der Waals surface area contributed by atoms with E-state index in [0.29, 0.717) is 16.5 Å². The molecule has 0 heterocycles. The molecule has 5 heteroatoms. The number of nitrogens with one attached hydrogen (secondary N) is 2. The number of methoxy groups -OCH3 is 1. The molecular weight excluding hydrogens is 252 g/mol. The van der Waals surface area contributed by atoms with Crippen LogP contribution in [0.5, 0.6) is 5.75 Å². The number of anilines is 1. The fourth-order valence-electron chi connectivity index (χ4n) is 1.27. The number of ether oxygens (including phenoxy) is 1. The third kappa shape index (κ3) is 4.94. The number of rotatable bonds is 4. The second kappa shape index (κ2) is 6.07. The van der Waals surface area contributed by atoms with E-state index in [4.69, 9.17) is 16.3 Å². The van der Waals surface area contributed by atoms with Crippen molar-refractivity contribution in [3.63, 3.8) is 0 Å². The highest BCUT2D eigenvalue weighted by molar-refractivity contribution is 6.33. The number of hydrogen-bond acceptors (Lipinski definition) is 3. The van der Waals surface area contributed by atoms with E-state index in [9.17, 15) is 4.79 Å². The Bertz CT molecular complexity index is 427. The van der Waals surface area contributed by atoms with Crippen molar-refractivity contribution in [1.82, 2.24) is 5.32 Å². The third-order valence-corrected chi connectivity index (χ3v) is 2.56. The first kappa shape index (κ1) is 14.8. The molecule has 1 aromatic carbocycles. The van der Waals surface area contributed by atoms with Crippen molar-refractivity contribution in [1.29, 1.82) is 0 Å². The van der Waals surface area contributed by atoms with Gasteiger partial charge in [0, 0.05) is 11.6 Å². The molecule has 0 spiro atoms. The molecule has 0 saturated heterocycles. The molecule has 18 heavy (non-hydrogen) atoms. The molecule has 1 rings (SSSR count). The lowest BCUT2D eigenvalue weighted by Crippen LogP contribution is -2.41. The topological polar surface area (TPSA) is 50.4 Å². The summed E-state index contributed by atoms with van der Waals surface area (Å²) in [6.07, 6.45) is 0. The Labute approximate surface area is 113 Å². The maximum absolute atomic E-state index is 11.7. The van der Waals surface area contributed by atoms with Crippen LogP contribution >= 0.6 is 11.6 Å². The number of hydrogen-bond donors (Lipinski definition) is 2. The van der Waals surface area contributed by atoms with Crippen LogP contribution < -0.4 is 15.4 Å². The molecule has 0 saturated carbocycles. The molecular formula is C13H19ClN2O2. The molecule has 0 fully saturated rings. The van der Waals surface area contributed by atoms with Gasteiger partial charge >= 0.3 is 0 Å². The van der Waals surface area contributed by atoms with Crippen LogP contribution in [0.25, 0.3) is 0 Å². The molecule has 0 unspecified atom stereocenters. The maximum Gasteiger partial charge on any atom is 0.238 e. The lowest BCUT2D eigenvalue weighted by molar-refractivity contribution is -0.115. The summed E-state index contributed by atoms with van der Waals surface area (Å²) in [4.78, 5) is 11.7. The summed E-state index contributed by atoms with van der Waals surface area (Å²) < 4.78 is 5.08. The summed E-state index contributed by atoms with van der Waals surface area (Å²) in [5.74, 6) is 0.513. The Morgan fingerprint density at radius 1 is 1.39 bits per heavy atom. The average molecular weight is 271 g/mol. The van der Waals surface area contributed by atoms with E-state index in [2.05, 4.69) is 10.6 Å². The monoisotopic (exact) mass is 270 g/mol. The smallest absolute Gasteiger partial charge is 0.238 e. The number of halogens is 1. The SMILES string of the molecule is COc1ccc(Cl)c(NC(=O)CNC(C)(C)C)c1. The Balaban J connectivity index is 2.64. The number of amides is 1. The van der Waals surface area contributed by atoms with Crippen LogP contribution in [0.4, 0.5) is 5.69 Å². The maximum atomic E-state index is 11.7. The molecule has 0 atom stereocenters. The van der Waals surface area contributed by atoms with Crippen molar-refractivity contribution < 1.29 is 9.53 Å². The van der Waals surface area contributed by atoms with Crippen molar-refractivity contribution in [2.75, 3.05) is 19.0 Å². The van der Waals surface area contributed by atoms with Gasteiger partial charge in [0.15, 0.2) is 0 Å². The van der Waals surface area contributed by atoms with Crippen molar-refractivity contribution >= 4 is 23.2 Å². The first-order chi connectivity index (χ1) is 8.31. The van der Waals surface area contributed by atoms with E-state index in [0.717, 1.165) is 0 Å². The minimum absolute atomic E-state index is 0.102. The van der Waals surface area contributed by atoms with Crippen molar-refractivity contribution in [3.8, 4) is 5.75 Å². The zero-order valence-electron chi connectivity index (χ0n) is 11.1. The van der Waals surface area contributed by atoms with E-state index < -0.39 is 0 Å². The minimum atomic E-state index is -0.139. The Morgan fingerprint density at radius 2 is 2.06 bits per heavy atom. The van der Waals surface area contributed by atoms with Crippen LogP contribution in [0, 0.1) is 0 Å². The van der Waals surface area contributed by atoms with Gasteiger partial charge in [0.05, 0.1) is 24.4 Å². The third-order valence-electron chi connectivity index (χ3n) is 2.23. The van der Waals surface area contributed by atoms with Gasteiger partial charge in [-0.25, -0.2) is 0 Å². The van der Waals surface area contributed by atoms with Crippen molar-refractivity contribution in [3.05, 3.63) is 23.2 Å². The van der Waals surface area contributed by atoms with Gasteiger partial charge in [0.25, 0.3) is 0 Å². The van der Waals surface area contributed by atoms with Gasteiger partial charge < -0.3 is 15.4 Å². The molecule has 0 aliphatic rings. The van der Waals surface area contributed by atoms with Crippen molar-refractivity contribution in [2.45, 2.75) is 26.3 Å². The average Bonchev–Trinajstić information content (AvgIpc) is 2.28. The van der Waals surface area contributed by atoms with Gasteiger partial charge in [-0.1, -0.05) is 11.6 Å². The highest BCUT2D eigenvalue weighted by Crippen LogP contribution is 2.26. The minimum Gasteiger partial charge on any atom is -0.497 e. The molecule has 100 valence electrons. The van der Waals surface area contributed by atoms with Crippen LogP contribution in [0.1, 0.15) is 20.8 Å². The standard InChI is InChI=1S/C13H19ClN2O2/c1-13(2,3)15-8-12(17)16-11-7-9(18-4)5-6-10(11)14/h5-7,15H,8H2,1-4H3,(H,16,17). The molecule has 1 aromatic rings. The molecule has 1 amide bonds. The van der Waals surface area contributed by atoms with Crippen LogP contribution in [0.3, 0.4) is 0 Å². The summed E-state index contributed by atoms with van der Waals surface area (Å²) in [7, 11) is 1.57. The molecule has 0 aromatic heterocycles. The van der Waals surface area contributed by atoms with Crippen molar-refractivity contribution in [2.24, 2.45) is 0 Å². The Morgan fingerprint density at radius 3 is 2.61 bits per heavy atom. The molecule has 0 aliphatic carbocycles. The van der Waals surface area contributed by atoms with E-state index >= 15 is 0 Å². The fraction of sp³-hybridized carbons (Fsp3) is 0.462.